The van der Waals surface area contributed by atoms with Crippen LogP contribution in [0.3, 0.4) is 0 Å². The fraction of sp³-hybridized carbons (Fsp3) is 0.0588. The SMILES string of the molecule is C/C(=N/Nc1nc(-c2ccc(Cl)cc2Cl)cs1)c1ccc(F)cc1. The Morgan fingerprint density at radius 3 is 2.62 bits per heavy atom. The van der Waals surface area contributed by atoms with Crippen molar-refractivity contribution in [1.29, 1.82) is 0 Å². The van der Waals surface area contributed by atoms with Gasteiger partial charge in [0, 0.05) is 16.0 Å². The van der Waals surface area contributed by atoms with Crippen LogP contribution in [0.4, 0.5) is 9.52 Å². The molecule has 0 fully saturated rings. The minimum absolute atomic E-state index is 0.274. The van der Waals surface area contributed by atoms with E-state index in [0.717, 1.165) is 22.5 Å². The standard InChI is InChI=1S/C17H12Cl2FN3S/c1-10(11-2-5-13(20)6-3-11)22-23-17-21-16(9-24-17)14-7-4-12(18)8-15(14)19/h2-9H,1H3,(H,21,23)/b22-10-. The van der Waals surface area contributed by atoms with Crippen molar-refractivity contribution in [1.82, 2.24) is 4.98 Å². The molecule has 3 rings (SSSR count). The molecule has 0 amide bonds. The van der Waals surface area contributed by atoms with Gasteiger partial charge in [0.15, 0.2) is 0 Å². The zero-order valence-corrected chi connectivity index (χ0v) is 14.9. The normalized spacial score (nSPS) is 11.6. The highest BCUT2D eigenvalue weighted by Crippen LogP contribution is 2.32. The number of nitrogens with one attached hydrogen (secondary N) is 1. The number of hydrazone groups is 1. The molecular weight excluding hydrogens is 368 g/mol. The summed E-state index contributed by atoms with van der Waals surface area (Å²) >= 11 is 13.5. The number of halogens is 3. The van der Waals surface area contributed by atoms with Crippen molar-refractivity contribution in [3.8, 4) is 11.3 Å². The predicted octanol–water partition coefficient (Wildman–Crippen LogP) is 6.09. The van der Waals surface area contributed by atoms with E-state index in [1.165, 1.54) is 23.5 Å². The van der Waals surface area contributed by atoms with E-state index in [9.17, 15) is 4.39 Å². The Morgan fingerprint density at radius 1 is 1.17 bits per heavy atom. The molecule has 0 spiro atoms. The van der Waals surface area contributed by atoms with E-state index in [-0.39, 0.29) is 5.82 Å². The van der Waals surface area contributed by atoms with Crippen LogP contribution in [0.15, 0.2) is 52.9 Å². The third kappa shape index (κ3) is 3.93. The third-order valence-corrected chi connectivity index (χ3v) is 4.59. The first-order chi connectivity index (χ1) is 11.5. The maximum Gasteiger partial charge on any atom is 0.203 e. The van der Waals surface area contributed by atoms with Gasteiger partial charge >= 0.3 is 0 Å². The number of nitrogens with zero attached hydrogens (tertiary/aromatic N) is 2. The van der Waals surface area contributed by atoms with Crippen molar-refractivity contribution in [2.45, 2.75) is 6.92 Å². The summed E-state index contributed by atoms with van der Waals surface area (Å²) in [6, 6.07) is 11.4. The van der Waals surface area contributed by atoms with E-state index in [0.29, 0.717) is 15.2 Å². The van der Waals surface area contributed by atoms with Gasteiger partial charge in [0.25, 0.3) is 0 Å². The Balaban J connectivity index is 1.76. The van der Waals surface area contributed by atoms with Crippen molar-refractivity contribution in [2.24, 2.45) is 5.10 Å². The van der Waals surface area contributed by atoms with Crippen LogP contribution in [0.1, 0.15) is 12.5 Å². The molecule has 0 aliphatic carbocycles. The molecule has 1 aromatic heterocycles. The molecule has 0 aliphatic rings. The molecule has 3 nitrogen and oxygen atoms in total. The zero-order valence-electron chi connectivity index (χ0n) is 12.6. The highest BCUT2D eigenvalue weighted by molar-refractivity contribution is 7.14. The first kappa shape index (κ1) is 16.9. The number of hydrogen-bond acceptors (Lipinski definition) is 4. The molecule has 0 saturated heterocycles. The molecule has 0 bridgehead atoms. The molecule has 0 aliphatic heterocycles. The minimum Gasteiger partial charge on any atom is -0.252 e. The van der Waals surface area contributed by atoms with Gasteiger partial charge < -0.3 is 0 Å². The molecule has 0 radical (unpaired) electrons. The molecule has 3 aromatic rings. The molecule has 0 atom stereocenters. The summed E-state index contributed by atoms with van der Waals surface area (Å²) in [6.45, 7) is 1.84. The van der Waals surface area contributed by atoms with E-state index in [1.54, 1.807) is 24.3 Å². The van der Waals surface area contributed by atoms with Gasteiger partial charge in [-0.1, -0.05) is 35.3 Å². The van der Waals surface area contributed by atoms with Crippen molar-refractivity contribution in [2.75, 3.05) is 5.43 Å². The van der Waals surface area contributed by atoms with Gasteiger partial charge in [0.05, 0.1) is 16.4 Å². The van der Waals surface area contributed by atoms with Crippen LogP contribution in [0.25, 0.3) is 11.3 Å². The lowest BCUT2D eigenvalue weighted by molar-refractivity contribution is 0.628. The van der Waals surface area contributed by atoms with Crippen LogP contribution >= 0.6 is 34.5 Å². The number of aromatic nitrogens is 1. The zero-order chi connectivity index (χ0) is 17.1. The quantitative estimate of drug-likeness (QED) is 0.439. The molecule has 0 unspecified atom stereocenters. The number of hydrogen-bond donors (Lipinski definition) is 1. The van der Waals surface area contributed by atoms with Crippen LogP contribution in [0.5, 0.6) is 0 Å². The Morgan fingerprint density at radius 2 is 1.92 bits per heavy atom. The lowest BCUT2D eigenvalue weighted by Crippen LogP contribution is -1.99. The molecule has 122 valence electrons. The van der Waals surface area contributed by atoms with Crippen LogP contribution in [0, 0.1) is 5.82 Å². The molecule has 2 aromatic carbocycles. The molecule has 0 saturated carbocycles. The fourth-order valence-electron chi connectivity index (χ4n) is 2.03. The average Bonchev–Trinajstić information content (AvgIpc) is 3.02. The monoisotopic (exact) mass is 379 g/mol. The Hall–Kier alpha value is -1.95. The van der Waals surface area contributed by atoms with E-state index < -0.39 is 0 Å². The van der Waals surface area contributed by atoms with Crippen LogP contribution in [-0.2, 0) is 0 Å². The van der Waals surface area contributed by atoms with Gasteiger partial charge in [-0.05, 0) is 42.8 Å². The number of thiazole rings is 1. The summed E-state index contributed by atoms with van der Waals surface area (Å²) in [5.41, 5.74) is 6.04. The summed E-state index contributed by atoms with van der Waals surface area (Å²) in [6.07, 6.45) is 0. The number of anilines is 1. The van der Waals surface area contributed by atoms with Crippen molar-refractivity contribution in [3.05, 3.63) is 69.3 Å². The molecule has 1 N–H and O–H groups in total. The second kappa shape index (κ2) is 7.30. The summed E-state index contributed by atoms with van der Waals surface area (Å²) in [7, 11) is 0. The van der Waals surface area contributed by atoms with Crippen LogP contribution in [-0.4, -0.2) is 10.7 Å². The lowest BCUT2D eigenvalue weighted by Gasteiger charge is -2.02. The summed E-state index contributed by atoms with van der Waals surface area (Å²) in [4.78, 5) is 4.46. The Labute approximate surface area is 152 Å². The van der Waals surface area contributed by atoms with E-state index in [1.807, 2.05) is 18.4 Å². The topological polar surface area (TPSA) is 37.3 Å². The first-order valence-electron chi connectivity index (χ1n) is 7.00. The summed E-state index contributed by atoms with van der Waals surface area (Å²) in [5, 5.41) is 7.93. The largest absolute Gasteiger partial charge is 0.252 e. The Bertz CT molecular complexity index is 891. The van der Waals surface area contributed by atoms with Gasteiger partial charge in [-0.15, -0.1) is 11.3 Å². The average molecular weight is 380 g/mol. The van der Waals surface area contributed by atoms with Crippen LogP contribution in [0.2, 0.25) is 10.0 Å². The smallest absolute Gasteiger partial charge is 0.203 e. The van der Waals surface area contributed by atoms with E-state index in [2.05, 4.69) is 15.5 Å². The minimum atomic E-state index is -0.274. The van der Waals surface area contributed by atoms with Crippen molar-refractivity contribution < 1.29 is 4.39 Å². The number of rotatable bonds is 4. The summed E-state index contributed by atoms with van der Waals surface area (Å²) < 4.78 is 12.9. The van der Waals surface area contributed by atoms with Crippen molar-refractivity contribution >= 4 is 45.4 Å². The lowest BCUT2D eigenvalue weighted by atomic mass is 10.1. The van der Waals surface area contributed by atoms with Gasteiger partial charge in [-0.2, -0.15) is 5.10 Å². The van der Waals surface area contributed by atoms with E-state index >= 15 is 0 Å². The summed E-state index contributed by atoms with van der Waals surface area (Å²) in [5.74, 6) is -0.274. The number of benzene rings is 2. The van der Waals surface area contributed by atoms with Gasteiger partial charge in [0.2, 0.25) is 5.13 Å². The first-order valence-corrected chi connectivity index (χ1v) is 8.63. The van der Waals surface area contributed by atoms with Crippen LogP contribution < -0.4 is 5.43 Å². The predicted molar refractivity (Wildman–Crippen MR) is 99.8 cm³/mol. The Kier molecular flexibility index (Phi) is 5.14. The second-order valence-electron chi connectivity index (χ2n) is 4.98. The van der Waals surface area contributed by atoms with Gasteiger partial charge in [0.1, 0.15) is 5.82 Å². The highest BCUT2D eigenvalue weighted by atomic mass is 35.5. The highest BCUT2D eigenvalue weighted by Gasteiger charge is 2.09. The third-order valence-electron chi connectivity index (χ3n) is 3.29. The second-order valence-corrected chi connectivity index (χ2v) is 6.68. The van der Waals surface area contributed by atoms with E-state index in [4.69, 9.17) is 23.2 Å². The maximum absolute atomic E-state index is 12.9. The molecular formula is C17H12Cl2FN3S. The molecule has 7 heteroatoms. The molecule has 1 heterocycles. The fourth-order valence-corrected chi connectivity index (χ4v) is 3.19. The molecule has 24 heavy (non-hydrogen) atoms. The maximum atomic E-state index is 12.9. The van der Waals surface area contributed by atoms with Crippen molar-refractivity contribution in [3.63, 3.8) is 0 Å². The van der Waals surface area contributed by atoms with Gasteiger partial charge in [-0.3, -0.25) is 5.43 Å². The van der Waals surface area contributed by atoms with Gasteiger partial charge in [-0.25, -0.2) is 9.37 Å².